The molecule has 0 aliphatic carbocycles. The van der Waals surface area contributed by atoms with Gasteiger partial charge in [-0.15, -0.1) is 0 Å². The largest absolute Gasteiger partial charge is 0.363 e. The van der Waals surface area contributed by atoms with E-state index < -0.39 is 0 Å². The van der Waals surface area contributed by atoms with Crippen LogP contribution in [0.2, 0.25) is 10.0 Å². The Morgan fingerprint density at radius 3 is 2.45 bits per heavy atom. The van der Waals surface area contributed by atoms with E-state index in [9.17, 15) is 0 Å². The van der Waals surface area contributed by atoms with Gasteiger partial charge in [-0.1, -0.05) is 71.7 Å². The lowest BCUT2D eigenvalue weighted by Crippen LogP contribution is -2.37. The zero-order chi connectivity index (χ0) is 21.8. The predicted molar refractivity (Wildman–Crippen MR) is 130 cm³/mol. The quantitative estimate of drug-likeness (QED) is 0.370. The summed E-state index contributed by atoms with van der Waals surface area (Å²) in [6, 6.07) is 22.7. The first kappa shape index (κ1) is 21.7. The van der Waals surface area contributed by atoms with Crippen LogP contribution in [-0.2, 0) is 13.1 Å². The van der Waals surface area contributed by atoms with Crippen LogP contribution in [0.5, 0.6) is 0 Å². The number of aryl methyl sites for hydroxylation is 1. The molecule has 5 heteroatoms. The van der Waals surface area contributed by atoms with Crippen molar-refractivity contribution in [2.75, 3.05) is 18.0 Å². The van der Waals surface area contributed by atoms with Crippen molar-refractivity contribution in [3.8, 4) is 0 Å². The maximum Gasteiger partial charge on any atom is 0.205 e. The van der Waals surface area contributed by atoms with Gasteiger partial charge in [0.15, 0.2) is 0 Å². The normalized spacial score (nSPS) is 16.3. The average Bonchev–Trinajstić information content (AvgIpc) is 3.23. The van der Waals surface area contributed by atoms with Crippen molar-refractivity contribution in [3.05, 3.63) is 105 Å². The summed E-state index contributed by atoms with van der Waals surface area (Å²) in [5.41, 5.74) is 5.30. The van der Waals surface area contributed by atoms with E-state index in [0.29, 0.717) is 16.8 Å². The highest BCUT2D eigenvalue weighted by atomic mass is 35.5. The van der Waals surface area contributed by atoms with Crippen molar-refractivity contribution in [1.82, 2.24) is 4.90 Å². The van der Waals surface area contributed by atoms with Crippen LogP contribution >= 0.6 is 23.2 Å². The lowest BCUT2D eigenvalue weighted by molar-refractivity contribution is 0.325. The zero-order valence-corrected chi connectivity index (χ0v) is 19.1. The van der Waals surface area contributed by atoms with Crippen LogP contribution in [0.1, 0.15) is 23.1 Å². The summed E-state index contributed by atoms with van der Waals surface area (Å²) in [4.78, 5) is 8.42. The summed E-state index contributed by atoms with van der Waals surface area (Å²) in [6.45, 7) is 13.1. The molecular weight excluding hydrogens is 425 g/mol. The molecule has 3 nitrogen and oxygen atoms in total. The Balaban J connectivity index is 1.59. The van der Waals surface area contributed by atoms with Gasteiger partial charge in [0, 0.05) is 48.0 Å². The topological polar surface area (TPSA) is 10.8 Å². The number of halogens is 2. The molecule has 0 bridgehead atoms. The van der Waals surface area contributed by atoms with Crippen molar-refractivity contribution >= 4 is 34.6 Å². The molecule has 0 amide bonds. The van der Waals surface area contributed by atoms with Crippen molar-refractivity contribution in [2.45, 2.75) is 32.5 Å². The maximum atomic E-state index is 7.30. The van der Waals surface area contributed by atoms with Crippen LogP contribution in [0, 0.1) is 13.5 Å². The molecule has 1 atom stereocenters. The Hall–Kier alpha value is -2.51. The molecule has 158 valence electrons. The molecule has 0 N–H and O–H groups in total. The van der Waals surface area contributed by atoms with E-state index in [1.165, 1.54) is 16.7 Å². The maximum absolute atomic E-state index is 7.30. The Kier molecular flexibility index (Phi) is 6.83. The lowest BCUT2D eigenvalue weighted by Gasteiger charge is -2.32. The van der Waals surface area contributed by atoms with Crippen molar-refractivity contribution in [1.29, 1.82) is 0 Å². The molecular formula is C26H25Cl2N3. The van der Waals surface area contributed by atoms with E-state index in [1.807, 2.05) is 36.4 Å². The van der Waals surface area contributed by atoms with Crippen molar-refractivity contribution in [2.24, 2.45) is 0 Å². The first-order valence-electron chi connectivity index (χ1n) is 10.5. The number of hydrogen-bond donors (Lipinski definition) is 0. The minimum Gasteiger partial charge on any atom is -0.363 e. The number of rotatable bonds is 6. The zero-order valence-electron chi connectivity index (χ0n) is 17.6. The second-order valence-corrected chi connectivity index (χ2v) is 8.89. The third-order valence-corrected chi connectivity index (χ3v) is 6.70. The molecule has 1 aliphatic rings. The SMILES string of the molecule is [C-]#[N+]c1ccc(N(Cc2ccccc2C)[C@H]2CCN(Cc3ccccc3Cl)C2)cc1Cl. The van der Waals surface area contributed by atoms with Crippen LogP contribution in [0.25, 0.3) is 4.85 Å². The summed E-state index contributed by atoms with van der Waals surface area (Å²) in [6.07, 6.45) is 1.07. The molecule has 4 rings (SSSR count). The van der Waals surface area contributed by atoms with Gasteiger partial charge in [-0.25, -0.2) is 4.85 Å². The summed E-state index contributed by atoms with van der Waals surface area (Å²) >= 11 is 12.8. The van der Waals surface area contributed by atoms with Gasteiger partial charge in [0.1, 0.15) is 0 Å². The van der Waals surface area contributed by atoms with Crippen LogP contribution < -0.4 is 4.90 Å². The third-order valence-electron chi connectivity index (χ3n) is 6.03. The molecule has 1 saturated heterocycles. The molecule has 1 aliphatic heterocycles. The van der Waals surface area contributed by atoms with Gasteiger partial charge in [-0.05, 0) is 48.2 Å². The van der Waals surface area contributed by atoms with Crippen LogP contribution in [0.4, 0.5) is 11.4 Å². The van der Waals surface area contributed by atoms with Gasteiger partial charge in [-0.2, -0.15) is 0 Å². The van der Waals surface area contributed by atoms with Crippen LogP contribution in [0.15, 0.2) is 66.7 Å². The Morgan fingerprint density at radius 1 is 1.00 bits per heavy atom. The fourth-order valence-corrected chi connectivity index (χ4v) is 4.66. The van der Waals surface area contributed by atoms with Gasteiger partial charge in [-0.3, -0.25) is 4.90 Å². The molecule has 0 saturated carbocycles. The van der Waals surface area contributed by atoms with E-state index >= 15 is 0 Å². The molecule has 0 radical (unpaired) electrons. The Bertz CT molecular complexity index is 1110. The lowest BCUT2D eigenvalue weighted by atomic mass is 10.1. The number of anilines is 1. The Labute approximate surface area is 194 Å². The fourth-order valence-electron chi connectivity index (χ4n) is 4.25. The highest BCUT2D eigenvalue weighted by Gasteiger charge is 2.29. The van der Waals surface area contributed by atoms with E-state index in [4.69, 9.17) is 29.8 Å². The second kappa shape index (κ2) is 9.75. The molecule has 3 aromatic carbocycles. The van der Waals surface area contributed by atoms with Crippen molar-refractivity contribution < 1.29 is 0 Å². The highest BCUT2D eigenvalue weighted by Crippen LogP contribution is 2.33. The van der Waals surface area contributed by atoms with E-state index in [-0.39, 0.29) is 0 Å². The summed E-state index contributed by atoms with van der Waals surface area (Å²) in [7, 11) is 0. The number of likely N-dealkylation sites (tertiary alicyclic amines) is 1. The molecule has 0 spiro atoms. The van der Waals surface area contributed by atoms with Gasteiger partial charge < -0.3 is 4.90 Å². The third kappa shape index (κ3) is 5.05. The Morgan fingerprint density at radius 2 is 1.74 bits per heavy atom. The monoisotopic (exact) mass is 449 g/mol. The molecule has 31 heavy (non-hydrogen) atoms. The average molecular weight is 450 g/mol. The van der Waals surface area contributed by atoms with Crippen LogP contribution in [-0.4, -0.2) is 24.0 Å². The summed E-state index contributed by atoms with van der Waals surface area (Å²) in [5.74, 6) is 0. The number of hydrogen-bond acceptors (Lipinski definition) is 2. The van der Waals surface area contributed by atoms with E-state index in [2.05, 4.69) is 51.9 Å². The van der Waals surface area contributed by atoms with Gasteiger partial charge >= 0.3 is 0 Å². The first-order valence-corrected chi connectivity index (χ1v) is 11.2. The first-order chi connectivity index (χ1) is 15.0. The molecule has 0 unspecified atom stereocenters. The minimum absolute atomic E-state index is 0.358. The second-order valence-electron chi connectivity index (χ2n) is 8.07. The summed E-state index contributed by atoms with van der Waals surface area (Å²) in [5, 5.41) is 1.33. The molecule has 1 fully saturated rings. The molecule has 3 aromatic rings. The standard InChI is InChI=1S/C26H25Cl2N3/c1-19-7-3-4-8-20(19)17-31(22-11-12-26(29-2)25(28)15-22)23-13-14-30(18-23)16-21-9-5-6-10-24(21)27/h3-12,15,23H,13-14,16-18H2,1H3/t23-/m0/s1. The smallest absolute Gasteiger partial charge is 0.205 e. The van der Waals surface area contributed by atoms with E-state index in [0.717, 1.165) is 43.3 Å². The van der Waals surface area contributed by atoms with Gasteiger partial charge in [0.25, 0.3) is 0 Å². The minimum atomic E-state index is 0.358. The molecule has 0 aromatic heterocycles. The predicted octanol–water partition coefficient (Wildman–Crippen LogP) is 7.13. The molecule has 1 heterocycles. The summed E-state index contributed by atoms with van der Waals surface area (Å²) < 4.78 is 0. The van der Waals surface area contributed by atoms with Gasteiger partial charge in [0.2, 0.25) is 5.69 Å². The van der Waals surface area contributed by atoms with E-state index in [1.54, 1.807) is 0 Å². The highest BCUT2D eigenvalue weighted by molar-refractivity contribution is 6.33. The number of nitrogens with zero attached hydrogens (tertiary/aromatic N) is 3. The number of benzene rings is 3. The fraction of sp³-hybridized carbons (Fsp3) is 0.269. The van der Waals surface area contributed by atoms with Gasteiger partial charge in [0.05, 0.1) is 6.57 Å². The van der Waals surface area contributed by atoms with Crippen molar-refractivity contribution in [3.63, 3.8) is 0 Å². The van der Waals surface area contributed by atoms with Crippen LogP contribution in [0.3, 0.4) is 0 Å².